The van der Waals surface area contributed by atoms with E-state index in [9.17, 15) is 4.79 Å². The average Bonchev–Trinajstić information content (AvgIpc) is 3.14. The van der Waals surface area contributed by atoms with Crippen molar-refractivity contribution in [1.82, 2.24) is 19.9 Å². The maximum absolute atomic E-state index is 11.1. The molecule has 8 nitrogen and oxygen atoms in total. The van der Waals surface area contributed by atoms with Crippen molar-refractivity contribution in [2.75, 3.05) is 19.0 Å². The second-order valence-corrected chi connectivity index (χ2v) is 7.08. The van der Waals surface area contributed by atoms with E-state index in [1.807, 2.05) is 6.20 Å². The summed E-state index contributed by atoms with van der Waals surface area (Å²) in [4.78, 5) is 27.1. The summed E-state index contributed by atoms with van der Waals surface area (Å²) in [6, 6.07) is 0.384. The van der Waals surface area contributed by atoms with E-state index in [1.165, 1.54) is 18.3 Å². The van der Waals surface area contributed by atoms with E-state index in [0.29, 0.717) is 22.9 Å². The van der Waals surface area contributed by atoms with Gasteiger partial charge in [0.15, 0.2) is 5.13 Å². The van der Waals surface area contributed by atoms with Crippen LogP contribution < -0.4 is 14.8 Å². The van der Waals surface area contributed by atoms with Gasteiger partial charge in [-0.1, -0.05) is 0 Å². The van der Waals surface area contributed by atoms with Crippen molar-refractivity contribution in [3.8, 4) is 11.8 Å². The first kappa shape index (κ1) is 17.6. The van der Waals surface area contributed by atoms with Crippen LogP contribution in [0.1, 0.15) is 25.1 Å². The van der Waals surface area contributed by atoms with Crippen molar-refractivity contribution < 1.29 is 14.3 Å². The number of nitrogens with zero attached hydrogens (tertiary/aromatic N) is 4. The third-order valence-corrected chi connectivity index (χ3v) is 4.85. The molecular weight excluding hydrogens is 342 g/mol. The van der Waals surface area contributed by atoms with Crippen molar-refractivity contribution in [3.63, 3.8) is 0 Å². The number of thiazole rings is 1. The number of likely N-dealkylation sites (tertiary alicyclic amines) is 1. The molecule has 1 saturated heterocycles. The minimum Gasteiger partial charge on any atom is -0.480 e. The van der Waals surface area contributed by atoms with Crippen molar-refractivity contribution in [3.05, 3.63) is 23.5 Å². The summed E-state index contributed by atoms with van der Waals surface area (Å²) in [5, 5.41) is 3.34. The molecular formula is C16H21N5O3S. The molecule has 3 heterocycles. The highest BCUT2D eigenvalue weighted by atomic mass is 32.1. The van der Waals surface area contributed by atoms with Crippen LogP contribution in [0.4, 0.5) is 5.13 Å². The van der Waals surface area contributed by atoms with Crippen LogP contribution >= 0.6 is 11.3 Å². The molecule has 0 bridgehead atoms. The van der Waals surface area contributed by atoms with Gasteiger partial charge in [0, 0.05) is 43.5 Å². The Morgan fingerprint density at radius 1 is 1.40 bits per heavy atom. The molecule has 9 heteroatoms. The number of ether oxygens (including phenoxy) is 2. The quantitative estimate of drug-likeness (QED) is 0.839. The van der Waals surface area contributed by atoms with Gasteiger partial charge in [-0.25, -0.2) is 4.98 Å². The number of carbonyl (C=O) groups is 1. The van der Waals surface area contributed by atoms with Crippen molar-refractivity contribution in [2.24, 2.45) is 0 Å². The Hall–Kier alpha value is -2.26. The number of anilines is 1. The Balaban J connectivity index is 1.57. The zero-order chi connectivity index (χ0) is 17.8. The van der Waals surface area contributed by atoms with Crippen LogP contribution in [0.5, 0.6) is 11.8 Å². The van der Waals surface area contributed by atoms with Gasteiger partial charge in [0.1, 0.15) is 6.10 Å². The Morgan fingerprint density at radius 2 is 2.20 bits per heavy atom. The van der Waals surface area contributed by atoms with Crippen LogP contribution in [-0.2, 0) is 11.3 Å². The van der Waals surface area contributed by atoms with Crippen LogP contribution in [-0.4, -0.2) is 51.6 Å². The highest BCUT2D eigenvalue weighted by Crippen LogP contribution is 2.26. The zero-order valence-corrected chi connectivity index (χ0v) is 15.2. The smallest absolute Gasteiger partial charge is 0.235 e. The Labute approximate surface area is 150 Å². The lowest BCUT2D eigenvalue weighted by molar-refractivity contribution is -0.114. The summed E-state index contributed by atoms with van der Waals surface area (Å²) in [7, 11) is 1.55. The standard InChI is InChI=1S/C16H21N5O3S/c1-10-4-12(24-15-7-17-6-14(20-15)23-3)8-21(10)9-13-5-18-16(25-13)19-11(2)22/h5-7,10,12H,4,8-9H2,1-3H3,(H,18,19,22)/t10-,12+/m0/s1. The molecule has 0 aromatic carbocycles. The lowest BCUT2D eigenvalue weighted by Crippen LogP contribution is -2.27. The second kappa shape index (κ2) is 7.75. The molecule has 0 aliphatic carbocycles. The van der Waals surface area contributed by atoms with E-state index < -0.39 is 0 Å². The molecule has 2 aromatic heterocycles. The number of aromatic nitrogens is 3. The summed E-state index contributed by atoms with van der Waals surface area (Å²) in [6.07, 6.45) is 5.92. The number of hydrogen-bond acceptors (Lipinski definition) is 8. The Morgan fingerprint density at radius 3 is 2.96 bits per heavy atom. The summed E-state index contributed by atoms with van der Waals surface area (Å²) >= 11 is 1.50. The molecule has 0 unspecified atom stereocenters. The summed E-state index contributed by atoms with van der Waals surface area (Å²) in [5.74, 6) is 0.808. The number of carbonyl (C=O) groups excluding carboxylic acids is 1. The van der Waals surface area contributed by atoms with Gasteiger partial charge in [0.25, 0.3) is 0 Å². The molecule has 1 fully saturated rings. The van der Waals surface area contributed by atoms with E-state index in [4.69, 9.17) is 9.47 Å². The van der Waals surface area contributed by atoms with Gasteiger partial charge in [-0.3, -0.25) is 14.7 Å². The minimum atomic E-state index is -0.108. The average molecular weight is 363 g/mol. The predicted octanol–water partition coefficient (Wildman–Crippen LogP) is 1.94. The van der Waals surface area contributed by atoms with E-state index in [1.54, 1.807) is 19.5 Å². The topological polar surface area (TPSA) is 89.5 Å². The summed E-state index contributed by atoms with van der Waals surface area (Å²) in [5.41, 5.74) is 0. The van der Waals surface area contributed by atoms with Gasteiger partial charge in [-0.05, 0) is 6.92 Å². The van der Waals surface area contributed by atoms with Gasteiger partial charge in [0.05, 0.1) is 19.5 Å². The van der Waals surface area contributed by atoms with Crippen molar-refractivity contribution >= 4 is 22.4 Å². The molecule has 1 N–H and O–H groups in total. The van der Waals surface area contributed by atoms with Crippen LogP contribution in [0.25, 0.3) is 0 Å². The molecule has 0 radical (unpaired) electrons. The van der Waals surface area contributed by atoms with Gasteiger partial charge < -0.3 is 14.8 Å². The van der Waals surface area contributed by atoms with E-state index >= 15 is 0 Å². The maximum atomic E-state index is 11.1. The van der Waals surface area contributed by atoms with Crippen LogP contribution in [0.2, 0.25) is 0 Å². The molecule has 3 rings (SSSR count). The van der Waals surface area contributed by atoms with Gasteiger partial charge in [-0.15, -0.1) is 11.3 Å². The van der Waals surface area contributed by atoms with E-state index in [0.717, 1.165) is 24.4 Å². The first-order valence-electron chi connectivity index (χ1n) is 8.02. The fraction of sp³-hybridized carbons (Fsp3) is 0.500. The van der Waals surface area contributed by atoms with Gasteiger partial charge >= 0.3 is 0 Å². The van der Waals surface area contributed by atoms with Crippen molar-refractivity contribution in [2.45, 2.75) is 39.0 Å². The molecule has 134 valence electrons. The van der Waals surface area contributed by atoms with Crippen LogP contribution in [0.15, 0.2) is 18.6 Å². The number of methoxy groups -OCH3 is 1. The number of rotatable bonds is 6. The molecule has 1 amide bonds. The van der Waals surface area contributed by atoms with Crippen molar-refractivity contribution in [1.29, 1.82) is 0 Å². The fourth-order valence-corrected chi connectivity index (χ4v) is 3.68. The molecule has 25 heavy (non-hydrogen) atoms. The predicted molar refractivity (Wildman–Crippen MR) is 93.9 cm³/mol. The fourth-order valence-electron chi connectivity index (χ4n) is 2.80. The molecule has 0 saturated carbocycles. The second-order valence-electron chi connectivity index (χ2n) is 5.97. The van der Waals surface area contributed by atoms with Crippen LogP contribution in [0.3, 0.4) is 0 Å². The number of nitrogens with one attached hydrogen (secondary N) is 1. The first-order valence-corrected chi connectivity index (χ1v) is 8.84. The number of hydrogen-bond donors (Lipinski definition) is 1. The Kier molecular flexibility index (Phi) is 5.44. The zero-order valence-electron chi connectivity index (χ0n) is 14.4. The Bertz CT molecular complexity index is 738. The van der Waals surface area contributed by atoms with Gasteiger partial charge in [-0.2, -0.15) is 4.98 Å². The lowest BCUT2D eigenvalue weighted by atomic mass is 10.2. The summed E-state index contributed by atoms with van der Waals surface area (Å²) in [6.45, 7) is 5.24. The summed E-state index contributed by atoms with van der Waals surface area (Å²) < 4.78 is 11.0. The van der Waals surface area contributed by atoms with Gasteiger partial charge in [0.2, 0.25) is 17.7 Å². The molecule has 0 spiro atoms. The third-order valence-electron chi connectivity index (χ3n) is 3.95. The molecule has 2 atom stereocenters. The largest absolute Gasteiger partial charge is 0.480 e. The SMILES string of the molecule is COc1cncc(O[C@@H]2C[C@H](C)N(Cc3cnc(NC(C)=O)s3)C2)n1. The maximum Gasteiger partial charge on any atom is 0.235 e. The molecule has 1 aliphatic rings. The highest BCUT2D eigenvalue weighted by Gasteiger charge is 2.31. The lowest BCUT2D eigenvalue weighted by Gasteiger charge is -2.19. The van der Waals surface area contributed by atoms with Crippen LogP contribution in [0, 0.1) is 0 Å². The monoisotopic (exact) mass is 363 g/mol. The van der Waals surface area contributed by atoms with E-state index in [-0.39, 0.29) is 12.0 Å². The third kappa shape index (κ3) is 4.64. The molecule has 1 aliphatic heterocycles. The first-order chi connectivity index (χ1) is 12.0. The molecule has 2 aromatic rings. The highest BCUT2D eigenvalue weighted by molar-refractivity contribution is 7.15. The minimum absolute atomic E-state index is 0.0548. The van der Waals surface area contributed by atoms with E-state index in [2.05, 4.69) is 32.1 Å². The normalized spacial score (nSPS) is 20.4. The number of amides is 1.